The Hall–Kier alpha value is -3.07. The van der Waals surface area contributed by atoms with Crippen LogP contribution in [0.4, 0.5) is 5.69 Å². The lowest BCUT2D eigenvalue weighted by Gasteiger charge is -2.20. The van der Waals surface area contributed by atoms with Gasteiger partial charge in [0.1, 0.15) is 11.4 Å². The summed E-state index contributed by atoms with van der Waals surface area (Å²) in [5.74, 6) is -0.179. The Kier molecular flexibility index (Phi) is 8.26. The molecule has 0 aromatic heterocycles. The zero-order valence-electron chi connectivity index (χ0n) is 19.0. The monoisotopic (exact) mass is 462 g/mol. The summed E-state index contributed by atoms with van der Waals surface area (Å²) in [6.45, 7) is 5.77. The van der Waals surface area contributed by atoms with Crippen LogP contribution in [0, 0.1) is 0 Å². The number of esters is 1. The van der Waals surface area contributed by atoms with Crippen molar-refractivity contribution in [1.82, 2.24) is 4.90 Å². The number of carbonyl (C=O) groups is 2. The maximum atomic E-state index is 12.7. The molecule has 0 atom stereocenters. The molecule has 0 saturated heterocycles. The van der Waals surface area contributed by atoms with E-state index in [1.54, 1.807) is 52.1 Å². The zero-order chi connectivity index (χ0) is 23.9. The first-order valence-corrected chi connectivity index (χ1v) is 11.6. The summed E-state index contributed by atoms with van der Waals surface area (Å²) in [4.78, 5) is 25.9. The molecule has 0 fully saturated rings. The first-order chi connectivity index (χ1) is 14.9. The molecule has 32 heavy (non-hydrogen) atoms. The van der Waals surface area contributed by atoms with Crippen LogP contribution in [0.15, 0.2) is 53.4 Å². The third kappa shape index (κ3) is 7.26. The van der Waals surface area contributed by atoms with Gasteiger partial charge in [0.15, 0.2) is 0 Å². The molecule has 8 nitrogen and oxygen atoms in total. The van der Waals surface area contributed by atoms with Gasteiger partial charge in [0.2, 0.25) is 0 Å². The number of ether oxygens (including phenoxy) is 2. The normalized spacial score (nSPS) is 11.5. The van der Waals surface area contributed by atoms with Crippen LogP contribution >= 0.6 is 0 Å². The van der Waals surface area contributed by atoms with E-state index < -0.39 is 15.6 Å². The summed E-state index contributed by atoms with van der Waals surface area (Å²) in [7, 11) is -0.768. The molecule has 0 aliphatic carbocycles. The van der Waals surface area contributed by atoms with Crippen molar-refractivity contribution in [2.45, 2.75) is 44.1 Å². The smallest absolute Gasteiger partial charge is 0.306 e. The Morgan fingerprint density at radius 2 is 1.66 bits per heavy atom. The van der Waals surface area contributed by atoms with Gasteiger partial charge >= 0.3 is 5.97 Å². The van der Waals surface area contributed by atoms with Crippen molar-refractivity contribution in [3.8, 4) is 5.75 Å². The second-order valence-electron chi connectivity index (χ2n) is 8.25. The van der Waals surface area contributed by atoms with E-state index in [9.17, 15) is 18.0 Å². The third-order valence-corrected chi connectivity index (χ3v) is 5.79. The zero-order valence-corrected chi connectivity index (χ0v) is 19.9. The van der Waals surface area contributed by atoms with E-state index in [1.165, 1.54) is 36.3 Å². The van der Waals surface area contributed by atoms with Crippen molar-refractivity contribution in [1.29, 1.82) is 0 Å². The highest BCUT2D eigenvalue weighted by atomic mass is 32.2. The van der Waals surface area contributed by atoms with Crippen LogP contribution in [0.5, 0.6) is 5.75 Å². The van der Waals surface area contributed by atoms with Crippen LogP contribution in [0.1, 0.15) is 44.0 Å². The molecule has 0 spiro atoms. The molecule has 2 aromatic rings. The van der Waals surface area contributed by atoms with E-state index in [4.69, 9.17) is 9.47 Å². The lowest BCUT2D eigenvalue weighted by molar-refractivity contribution is -0.154. The number of hydrogen-bond acceptors (Lipinski definition) is 6. The van der Waals surface area contributed by atoms with Gasteiger partial charge in [-0.1, -0.05) is 12.1 Å². The van der Waals surface area contributed by atoms with Crippen molar-refractivity contribution < 1.29 is 27.5 Å². The Balaban J connectivity index is 1.98. The number of sulfonamides is 1. The van der Waals surface area contributed by atoms with Crippen LogP contribution in [0.2, 0.25) is 0 Å². The van der Waals surface area contributed by atoms with Gasteiger partial charge in [-0.2, -0.15) is 0 Å². The molecule has 0 aliphatic rings. The quantitative estimate of drug-likeness (QED) is 0.570. The van der Waals surface area contributed by atoms with E-state index in [0.717, 1.165) is 0 Å². The highest BCUT2D eigenvalue weighted by molar-refractivity contribution is 7.92. The van der Waals surface area contributed by atoms with E-state index in [2.05, 4.69) is 4.72 Å². The summed E-state index contributed by atoms with van der Waals surface area (Å²) in [5.41, 5.74) is 0.127. The van der Waals surface area contributed by atoms with E-state index in [1.807, 2.05) is 0 Å². The fourth-order valence-corrected chi connectivity index (χ4v) is 3.95. The number of anilines is 1. The van der Waals surface area contributed by atoms with Gasteiger partial charge in [-0.05, 0) is 63.6 Å². The van der Waals surface area contributed by atoms with Crippen LogP contribution < -0.4 is 9.46 Å². The topological polar surface area (TPSA) is 102 Å². The van der Waals surface area contributed by atoms with Gasteiger partial charge in [0, 0.05) is 25.6 Å². The Bertz CT molecular complexity index is 1040. The summed E-state index contributed by atoms with van der Waals surface area (Å²) in [6.07, 6.45) is 0.674. The Morgan fingerprint density at radius 3 is 2.25 bits per heavy atom. The standard InChI is InChI=1S/C23H30N2O6S/c1-23(2,3)31-21(26)11-8-16-25(4)22(27)17-12-14-18(15-13-17)32(28,29)24-19-9-6-7-10-20(19)30-5/h6-7,9-10,12-15,24H,8,11,16H2,1-5H3. The molecule has 1 amide bonds. The van der Waals surface area contributed by atoms with Gasteiger partial charge in [-0.3, -0.25) is 14.3 Å². The van der Waals surface area contributed by atoms with Crippen molar-refractivity contribution in [2.24, 2.45) is 0 Å². The lowest BCUT2D eigenvalue weighted by atomic mass is 10.2. The van der Waals surface area contributed by atoms with E-state index in [-0.39, 0.29) is 23.2 Å². The maximum Gasteiger partial charge on any atom is 0.306 e. The second-order valence-corrected chi connectivity index (χ2v) is 9.93. The number of nitrogens with one attached hydrogen (secondary N) is 1. The third-order valence-electron chi connectivity index (χ3n) is 4.40. The largest absolute Gasteiger partial charge is 0.495 e. The van der Waals surface area contributed by atoms with Gasteiger partial charge in [-0.15, -0.1) is 0 Å². The number of para-hydroxylation sites is 2. The average Bonchev–Trinajstić information content (AvgIpc) is 2.72. The predicted octanol–water partition coefficient (Wildman–Crippen LogP) is 3.69. The first kappa shape index (κ1) is 25.2. The van der Waals surface area contributed by atoms with E-state index >= 15 is 0 Å². The summed E-state index contributed by atoms with van der Waals surface area (Å²) < 4.78 is 38.3. The van der Waals surface area contributed by atoms with Gasteiger partial charge in [0.25, 0.3) is 15.9 Å². The Labute approximate surface area is 189 Å². The van der Waals surface area contributed by atoms with Crippen molar-refractivity contribution >= 4 is 27.6 Å². The number of benzene rings is 2. The van der Waals surface area contributed by atoms with Crippen LogP contribution in [-0.4, -0.2) is 51.5 Å². The summed E-state index contributed by atoms with van der Waals surface area (Å²) in [6, 6.07) is 12.4. The molecule has 0 bridgehead atoms. The number of methoxy groups -OCH3 is 1. The van der Waals surface area contributed by atoms with Crippen LogP contribution in [0.3, 0.4) is 0 Å². The molecule has 2 rings (SSSR count). The van der Waals surface area contributed by atoms with Crippen LogP contribution in [-0.2, 0) is 19.6 Å². The van der Waals surface area contributed by atoms with Gasteiger partial charge in [0.05, 0.1) is 17.7 Å². The number of hydrogen-bond donors (Lipinski definition) is 1. The van der Waals surface area contributed by atoms with E-state index in [0.29, 0.717) is 30.0 Å². The van der Waals surface area contributed by atoms with Crippen molar-refractivity contribution in [3.63, 3.8) is 0 Å². The van der Waals surface area contributed by atoms with Crippen molar-refractivity contribution in [2.75, 3.05) is 25.4 Å². The molecule has 0 aliphatic heterocycles. The molecule has 9 heteroatoms. The second kappa shape index (κ2) is 10.5. The molecular formula is C23H30N2O6S. The summed E-state index contributed by atoms with van der Waals surface area (Å²) >= 11 is 0. The number of carbonyl (C=O) groups excluding carboxylic acids is 2. The molecule has 0 saturated carbocycles. The van der Waals surface area contributed by atoms with Gasteiger partial charge in [-0.25, -0.2) is 8.42 Å². The number of amides is 1. The van der Waals surface area contributed by atoms with Crippen LogP contribution in [0.25, 0.3) is 0 Å². The van der Waals surface area contributed by atoms with Gasteiger partial charge < -0.3 is 14.4 Å². The molecule has 0 heterocycles. The number of rotatable bonds is 9. The highest BCUT2D eigenvalue weighted by Crippen LogP contribution is 2.26. The number of nitrogens with zero attached hydrogens (tertiary/aromatic N) is 1. The minimum Gasteiger partial charge on any atom is -0.495 e. The molecule has 0 unspecified atom stereocenters. The molecule has 0 radical (unpaired) electrons. The SMILES string of the molecule is COc1ccccc1NS(=O)(=O)c1ccc(C(=O)N(C)CCCC(=O)OC(C)(C)C)cc1. The Morgan fingerprint density at radius 1 is 1.03 bits per heavy atom. The van der Waals surface area contributed by atoms with Crippen molar-refractivity contribution in [3.05, 3.63) is 54.1 Å². The molecule has 174 valence electrons. The molecule has 2 aromatic carbocycles. The molecule has 1 N–H and O–H groups in total. The lowest BCUT2D eigenvalue weighted by Crippen LogP contribution is -2.29. The molecular weight excluding hydrogens is 432 g/mol. The highest BCUT2D eigenvalue weighted by Gasteiger charge is 2.19. The summed E-state index contributed by atoms with van der Waals surface area (Å²) in [5, 5.41) is 0. The first-order valence-electron chi connectivity index (χ1n) is 10.2. The minimum absolute atomic E-state index is 0.0209. The average molecular weight is 463 g/mol. The fraction of sp³-hybridized carbons (Fsp3) is 0.391. The predicted molar refractivity (Wildman–Crippen MR) is 122 cm³/mol. The fourth-order valence-electron chi connectivity index (χ4n) is 2.88. The minimum atomic E-state index is -3.85. The maximum absolute atomic E-state index is 12.7.